The summed E-state index contributed by atoms with van der Waals surface area (Å²) in [5.41, 5.74) is 7.13. The average Bonchev–Trinajstić information content (AvgIpc) is 3.39. The molecule has 0 radical (unpaired) electrons. The Morgan fingerprint density at radius 1 is 0.914 bits per heavy atom. The lowest BCUT2D eigenvalue weighted by Gasteiger charge is -2.37. The van der Waals surface area contributed by atoms with E-state index >= 15 is 0 Å². The van der Waals surface area contributed by atoms with Crippen molar-refractivity contribution >= 4 is 22.6 Å². The molecule has 0 amide bonds. The lowest BCUT2D eigenvalue weighted by molar-refractivity contribution is 0.0225. The predicted molar refractivity (Wildman–Crippen MR) is 137 cm³/mol. The number of carbonyl (C=O) groups is 1. The zero-order valence-electron chi connectivity index (χ0n) is 20.1. The number of aromatic amines is 1. The minimum absolute atomic E-state index is 0.293. The van der Waals surface area contributed by atoms with Gasteiger partial charge in [0, 0.05) is 58.1 Å². The van der Waals surface area contributed by atoms with Crippen LogP contribution in [0.5, 0.6) is 11.5 Å². The van der Waals surface area contributed by atoms with Gasteiger partial charge in [0.25, 0.3) is 0 Å². The summed E-state index contributed by atoms with van der Waals surface area (Å²) in [7, 11) is 0. The molecule has 1 unspecified atom stereocenters. The van der Waals surface area contributed by atoms with Crippen molar-refractivity contribution in [3.63, 3.8) is 0 Å². The molecule has 1 spiro atoms. The highest BCUT2D eigenvalue weighted by Crippen LogP contribution is 2.57. The molecule has 0 saturated heterocycles. The Morgan fingerprint density at radius 2 is 1.71 bits per heavy atom. The normalized spacial score (nSPS) is 19.5. The first-order valence-electron chi connectivity index (χ1n) is 12.7. The SMILES string of the molecule is CCN(CC)c1ccc2c(c1)Oc1cc3c4c([nH]c3cc1C21OC(=O)c2ccccc21)CCCC4. The molecule has 5 nitrogen and oxygen atoms in total. The molecule has 176 valence electrons. The van der Waals surface area contributed by atoms with E-state index in [0.717, 1.165) is 65.3 Å². The fraction of sp³-hybridized carbons (Fsp3) is 0.300. The highest BCUT2D eigenvalue weighted by Gasteiger charge is 2.53. The molecule has 3 aliphatic rings. The van der Waals surface area contributed by atoms with E-state index in [2.05, 4.69) is 54.1 Å². The van der Waals surface area contributed by atoms with Gasteiger partial charge in [-0.2, -0.15) is 0 Å². The largest absolute Gasteiger partial charge is 0.456 e. The molecule has 2 aliphatic heterocycles. The summed E-state index contributed by atoms with van der Waals surface area (Å²) in [6, 6.07) is 18.3. The average molecular weight is 465 g/mol. The number of esters is 1. The van der Waals surface area contributed by atoms with Gasteiger partial charge in [-0.25, -0.2) is 4.79 Å². The number of anilines is 1. The van der Waals surface area contributed by atoms with Crippen molar-refractivity contribution in [3.05, 3.63) is 88.1 Å². The van der Waals surface area contributed by atoms with Crippen LogP contribution in [0.4, 0.5) is 5.69 Å². The number of nitrogens with one attached hydrogen (secondary N) is 1. The molecule has 1 N–H and O–H groups in total. The quantitative estimate of drug-likeness (QED) is 0.354. The Bertz CT molecular complexity index is 1510. The molecule has 4 aromatic rings. The Hall–Kier alpha value is -3.73. The van der Waals surface area contributed by atoms with E-state index < -0.39 is 5.60 Å². The van der Waals surface area contributed by atoms with E-state index in [1.54, 1.807) is 0 Å². The second kappa shape index (κ2) is 7.38. The highest BCUT2D eigenvalue weighted by molar-refractivity contribution is 5.98. The monoisotopic (exact) mass is 464 g/mol. The Kier molecular flexibility index (Phi) is 4.35. The van der Waals surface area contributed by atoms with Gasteiger partial charge in [0.2, 0.25) is 0 Å². The van der Waals surface area contributed by atoms with Gasteiger partial charge in [0.1, 0.15) is 11.5 Å². The molecule has 5 heteroatoms. The number of aromatic nitrogens is 1. The van der Waals surface area contributed by atoms with Crippen LogP contribution in [-0.4, -0.2) is 24.0 Å². The zero-order valence-corrected chi connectivity index (χ0v) is 20.1. The summed E-state index contributed by atoms with van der Waals surface area (Å²) in [6.07, 6.45) is 4.58. The number of aryl methyl sites for hydroxylation is 2. The third-order valence-corrected chi connectivity index (χ3v) is 8.04. The van der Waals surface area contributed by atoms with E-state index in [-0.39, 0.29) is 5.97 Å². The summed E-state index contributed by atoms with van der Waals surface area (Å²) < 4.78 is 13.0. The van der Waals surface area contributed by atoms with Crippen LogP contribution in [0, 0.1) is 0 Å². The molecule has 0 fully saturated rings. The van der Waals surface area contributed by atoms with E-state index in [9.17, 15) is 4.79 Å². The van der Waals surface area contributed by atoms with E-state index in [1.165, 1.54) is 29.5 Å². The summed E-state index contributed by atoms with van der Waals surface area (Å²) in [6.45, 7) is 6.12. The van der Waals surface area contributed by atoms with Crippen molar-refractivity contribution in [3.8, 4) is 11.5 Å². The summed E-state index contributed by atoms with van der Waals surface area (Å²) in [5, 5.41) is 1.22. The topological polar surface area (TPSA) is 54.6 Å². The number of H-pyrrole nitrogens is 1. The molecule has 1 aromatic heterocycles. The number of hydrogen-bond donors (Lipinski definition) is 1. The van der Waals surface area contributed by atoms with Gasteiger partial charge in [0.15, 0.2) is 5.60 Å². The van der Waals surface area contributed by atoms with Crippen molar-refractivity contribution in [2.45, 2.75) is 45.1 Å². The summed E-state index contributed by atoms with van der Waals surface area (Å²) in [4.78, 5) is 19.1. The maximum absolute atomic E-state index is 13.2. The van der Waals surface area contributed by atoms with Crippen molar-refractivity contribution < 1.29 is 14.3 Å². The summed E-state index contributed by atoms with van der Waals surface area (Å²) in [5.74, 6) is 1.21. The number of carbonyl (C=O) groups excluding carboxylic acids is 1. The highest BCUT2D eigenvalue weighted by atomic mass is 16.6. The number of hydrogen-bond acceptors (Lipinski definition) is 4. The van der Waals surface area contributed by atoms with Crippen molar-refractivity contribution in [1.29, 1.82) is 0 Å². The van der Waals surface area contributed by atoms with Crippen LogP contribution in [0.15, 0.2) is 54.6 Å². The van der Waals surface area contributed by atoms with Crippen molar-refractivity contribution in [2.75, 3.05) is 18.0 Å². The minimum atomic E-state index is -1.03. The third kappa shape index (κ3) is 2.72. The van der Waals surface area contributed by atoms with E-state index in [4.69, 9.17) is 9.47 Å². The predicted octanol–water partition coefficient (Wildman–Crippen LogP) is 6.46. The molecule has 1 atom stereocenters. The van der Waals surface area contributed by atoms with Crippen LogP contribution in [-0.2, 0) is 23.2 Å². The molecular weight excluding hydrogens is 436 g/mol. The lowest BCUT2D eigenvalue weighted by Crippen LogP contribution is -2.33. The fourth-order valence-corrected chi connectivity index (χ4v) is 6.35. The minimum Gasteiger partial charge on any atom is -0.456 e. The third-order valence-electron chi connectivity index (χ3n) is 8.04. The number of fused-ring (bicyclic) bond motifs is 9. The second-order valence-corrected chi connectivity index (χ2v) is 9.75. The maximum atomic E-state index is 13.2. The van der Waals surface area contributed by atoms with Crippen LogP contribution in [0.3, 0.4) is 0 Å². The smallest absolute Gasteiger partial charge is 0.340 e. The summed E-state index contributed by atoms with van der Waals surface area (Å²) >= 11 is 0. The van der Waals surface area contributed by atoms with Crippen LogP contribution in [0.1, 0.15) is 65.0 Å². The van der Waals surface area contributed by atoms with E-state index in [1.807, 2.05) is 24.3 Å². The van der Waals surface area contributed by atoms with Crippen LogP contribution in [0.25, 0.3) is 10.9 Å². The molecule has 0 bridgehead atoms. The molecule has 7 rings (SSSR count). The fourth-order valence-electron chi connectivity index (χ4n) is 6.35. The lowest BCUT2D eigenvalue weighted by atomic mass is 9.77. The first-order chi connectivity index (χ1) is 17.1. The first kappa shape index (κ1) is 20.6. The Balaban J connectivity index is 1.52. The van der Waals surface area contributed by atoms with Crippen molar-refractivity contribution in [2.24, 2.45) is 0 Å². The van der Waals surface area contributed by atoms with Gasteiger partial charge >= 0.3 is 5.97 Å². The molecule has 3 heterocycles. The van der Waals surface area contributed by atoms with Crippen LogP contribution in [0.2, 0.25) is 0 Å². The first-order valence-corrected chi connectivity index (χ1v) is 12.7. The van der Waals surface area contributed by atoms with Gasteiger partial charge in [-0.3, -0.25) is 0 Å². The zero-order chi connectivity index (χ0) is 23.7. The number of ether oxygens (including phenoxy) is 2. The molecular formula is C30H28N2O3. The number of nitrogens with zero attached hydrogens (tertiary/aromatic N) is 1. The van der Waals surface area contributed by atoms with E-state index in [0.29, 0.717) is 5.56 Å². The van der Waals surface area contributed by atoms with Crippen LogP contribution < -0.4 is 9.64 Å². The molecule has 1 aliphatic carbocycles. The number of benzene rings is 3. The molecule has 35 heavy (non-hydrogen) atoms. The van der Waals surface area contributed by atoms with Crippen molar-refractivity contribution in [1.82, 2.24) is 4.98 Å². The van der Waals surface area contributed by atoms with Crippen LogP contribution >= 0.6 is 0 Å². The number of rotatable bonds is 3. The maximum Gasteiger partial charge on any atom is 0.340 e. The van der Waals surface area contributed by atoms with Gasteiger partial charge in [-0.15, -0.1) is 0 Å². The Morgan fingerprint density at radius 3 is 2.57 bits per heavy atom. The van der Waals surface area contributed by atoms with Gasteiger partial charge in [-0.1, -0.05) is 18.2 Å². The van der Waals surface area contributed by atoms with Gasteiger partial charge in [0.05, 0.1) is 5.56 Å². The molecule has 0 saturated carbocycles. The molecule has 3 aromatic carbocycles. The second-order valence-electron chi connectivity index (χ2n) is 9.75. The van der Waals surface area contributed by atoms with Gasteiger partial charge in [-0.05, 0) is 75.4 Å². The Labute approximate surface area is 204 Å². The van der Waals surface area contributed by atoms with Gasteiger partial charge < -0.3 is 19.4 Å². The standard InChI is InChI=1S/C30H28N2O3/c1-3-32(4-2)18-13-14-23-27(15-18)34-28-16-21-19-9-6-8-12-25(19)31-26(21)17-24(28)30(23)22-11-7-5-10-20(22)29(33)35-30/h5,7,10-11,13-17,31H,3-4,6,8-9,12H2,1-2H3.